The van der Waals surface area contributed by atoms with Crippen molar-refractivity contribution in [1.29, 1.82) is 0 Å². The first-order chi connectivity index (χ1) is 9.08. The van der Waals surface area contributed by atoms with Crippen molar-refractivity contribution in [3.05, 3.63) is 64.7 Å². The summed E-state index contributed by atoms with van der Waals surface area (Å²) in [5.41, 5.74) is 1.50. The van der Waals surface area contributed by atoms with Gasteiger partial charge in [-0.3, -0.25) is 0 Å². The largest absolute Gasteiger partial charge is 0.478 e. The number of halogens is 1. The lowest BCUT2D eigenvalue weighted by molar-refractivity contribution is 0.0697. The lowest BCUT2D eigenvalue weighted by Crippen LogP contribution is -2.11. The molecule has 2 rings (SSSR count). The number of benzene rings is 2. The van der Waals surface area contributed by atoms with E-state index >= 15 is 0 Å². The monoisotopic (exact) mass is 291 g/mol. The Morgan fingerprint density at radius 2 is 1.84 bits per heavy atom. The maximum absolute atomic E-state index is 11.0. The average molecular weight is 292 g/mol. The van der Waals surface area contributed by atoms with Crippen molar-refractivity contribution in [2.24, 2.45) is 0 Å². The summed E-state index contributed by atoms with van der Waals surface area (Å²) in [6, 6.07) is 14.1. The van der Waals surface area contributed by atoms with Gasteiger partial charge in [0.25, 0.3) is 0 Å². The summed E-state index contributed by atoms with van der Waals surface area (Å²) in [7, 11) is 0. The molecule has 0 unspecified atom stereocenters. The van der Waals surface area contributed by atoms with E-state index in [2.05, 4.69) is 5.32 Å². The third-order valence-electron chi connectivity index (χ3n) is 2.49. The Morgan fingerprint density at radius 1 is 1.16 bits per heavy atom. The number of carboxylic acid groups (broad SMARTS) is 1. The lowest BCUT2D eigenvalue weighted by atomic mass is 10.2. The summed E-state index contributed by atoms with van der Waals surface area (Å²) in [5.74, 6) is -1.07. The summed E-state index contributed by atoms with van der Waals surface area (Å²) < 4.78 is 0. The predicted octanol–water partition coefficient (Wildman–Crippen LogP) is 3.83. The SMILES string of the molecule is O=C(O)c1cc(NC(=S)c2ccccc2)ccc1Cl. The van der Waals surface area contributed by atoms with E-state index in [9.17, 15) is 4.79 Å². The zero-order valence-corrected chi connectivity index (χ0v) is 11.3. The number of carbonyl (C=O) groups is 1. The third-order valence-corrected chi connectivity index (χ3v) is 3.16. The van der Waals surface area contributed by atoms with Crippen LogP contribution in [0.15, 0.2) is 48.5 Å². The molecule has 2 aromatic rings. The van der Waals surface area contributed by atoms with Gasteiger partial charge in [-0.25, -0.2) is 4.79 Å². The number of carboxylic acids is 1. The molecule has 0 aliphatic carbocycles. The molecule has 5 heteroatoms. The first kappa shape index (κ1) is 13.5. The minimum absolute atomic E-state index is 0.0440. The van der Waals surface area contributed by atoms with Crippen LogP contribution in [0.25, 0.3) is 0 Å². The van der Waals surface area contributed by atoms with Crippen molar-refractivity contribution in [1.82, 2.24) is 0 Å². The van der Waals surface area contributed by atoms with Gasteiger partial charge >= 0.3 is 5.97 Å². The molecule has 2 aromatic carbocycles. The van der Waals surface area contributed by atoms with Gasteiger partial charge in [0, 0.05) is 11.3 Å². The minimum Gasteiger partial charge on any atom is -0.478 e. The van der Waals surface area contributed by atoms with Crippen molar-refractivity contribution in [3.8, 4) is 0 Å². The summed E-state index contributed by atoms with van der Waals surface area (Å²) in [5, 5.41) is 12.2. The molecular formula is C14H10ClNO2S. The van der Waals surface area contributed by atoms with Gasteiger partial charge in [-0.1, -0.05) is 54.2 Å². The molecule has 0 aliphatic heterocycles. The van der Waals surface area contributed by atoms with Crippen LogP contribution in [0.1, 0.15) is 15.9 Å². The number of nitrogens with one attached hydrogen (secondary N) is 1. The number of anilines is 1. The first-order valence-electron chi connectivity index (χ1n) is 5.47. The van der Waals surface area contributed by atoms with E-state index in [1.165, 1.54) is 12.1 Å². The van der Waals surface area contributed by atoms with Gasteiger partial charge in [0.1, 0.15) is 4.99 Å². The van der Waals surface area contributed by atoms with Gasteiger partial charge < -0.3 is 10.4 Å². The molecule has 0 saturated heterocycles. The molecule has 3 nitrogen and oxygen atoms in total. The number of aromatic carboxylic acids is 1. The van der Waals surface area contributed by atoms with Crippen LogP contribution in [-0.4, -0.2) is 16.1 Å². The smallest absolute Gasteiger partial charge is 0.337 e. The summed E-state index contributed by atoms with van der Waals surface area (Å²) in [6.07, 6.45) is 0. The summed E-state index contributed by atoms with van der Waals surface area (Å²) in [6.45, 7) is 0. The molecule has 0 radical (unpaired) electrons. The summed E-state index contributed by atoms with van der Waals surface area (Å²) in [4.78, 5) is 11.5. The molecule has 0 atom stereocenters. The van der Waals surface area contributed by atoms with Gasteiger partial charge in [-0.2, -0.15) is 0 Å². The first-order valence-corrected chi connectivity index (χ1v) is 6.26. The van der Waals surface area contributed by atoms with Crippen LogP contribution in [0.4, 0.5) is 5.69 Å². The van der Waals surface area contributed by atoms with Crippen LogP contribution < -0.4 is 5.32 Å². The molecule has 19 heavy (non-hydrogen) atoms. The predicted molar refractivity (Wildman–Crippen MR) is 80.2 cm³/mol. The van der Waals surface area contributed by atoms with E-state index in [-0.39, 0.29) is 10.6 Å². The zero-order valence-electron chi connectivity index (χ0n) is 9.76. The normalized spacial score (nSPS) is 9.95. The van der Waals surface area contributed by atoms with E-state index in [1.54, 1.807) is 6.07 Å². The highest BCUT2D eigenvalue weighted by Gasteiger charge is 2.10. The number of rotatable bonds is 3. The topological polar surface area (TPSA) is 49.3 Å². The van der Waals surface area contributed by atoms with Gasteiger partial charge in [0.05, 0.1) is 10.6 Å². The highest BCUT2D eigenvalue weighted by atomic mass is 35.5. The molecule has 0 aromatic heterocycles. The van der Waals surface area contributed by atoms with Crippen LogP contribution in [0.2, 0.25) is 5.02 Å². The van der Waals surface area contributed by atoms with E-state index in [4.69, 9.17) is 28.9 Å². The fourth-order valence-corrected chi connectivity index (χ4v) is 2.01. The third kappa shape index (κ3) is 3.30. The fourth-order valence-electron chi connectivity index (χ4n) is 1.56. The Balaban J connectivity index is 2.23. The van der Waals surface area contributed by atoms with Gasteiger partial charge in [-0.15, -0.1) is 0 Å². The second-order valence-corrected chi connectivity index (χ2v) is 4.64. The van der Waals surface area contributed by atoms with Crippen LogP contribution >= 0.6 is 23.8 Å². The molecule has 0 bridgehead atoms. The molecule has 96 valence electrons. The Bertz CT molecular complexity index is 629. The van der Waals surface area contributed by atoms with E-state index < -0.39 is 5.97 Å². The molecular weight excluding hydrogens is 282 g/mol. The molecule has 0 spiro atoms. The maximum Gasteiger partial charge on any atom is 0.337 e. The van der Waals surface area contributed by atoms with Crippen molar-refractivity contribution >= 4 is 40.5 Å². The Kier molecular flexibility index (Phi) is 4.14. The molecule has 0 heterocycles. The molecule has 0 fully saturated rings. The molecule has 2 N–H and O–H groups in total. The van der Waals surface area contributed by atoms with E-state index in [0.29, 0.717) is 10.7 Å². The number of hydrogen-bond donors (Lipinski definition) is 2. The lowest BCUT2D eigenvalue weighted by Gasteiger charge is -2.09. The molecule has 0 amide bonds. The van der Waals surface area contributed by atoms with Gasteiger partial charge in [0.15, 0.2) is 0 Å². The molecule has 0 aliphatic rings. The van der Waals surface area contributed by atoms with Gasteiger partial charge in [-0.05, 0) is 18.2 Å². The van der Waals surface area contributed by atoms with Crippen LogP contribution in [-0.2, 0) is 0 Å². The minimum atomic E-state index is -1.07. The number of hydrogen-bond acceptors (Lipinski definition) is 2. The Hall–Kier alpha value is -1.91. The van der Waals surface area contributed by atoms with Crippen LogP contribution in [0.5, 0.6) is 0 Å². The van der Waals surface area contributed by atoms with Crippen molar-refractivity contribution in [3.63, 3.8) is 0 Å². The Labute approximate surface area is 120 Å². The average Bonchev–Trinajstić information content (AvgIpc) is 2.41. The zero-order chi connectivity index (χ0) is 13.8. The number of thiocarbonyl (C=S) groups is 1. The van der Waals surface area contributed by atoms with Crippen LogP contribution in [0.3, 0.4) is 0 Å². The van der Waals surface area contributed by atoms with Crippen molar-refractivity contribution in [2.75, 3.05) is 5.32 Å². The van der Waals surface area contributed by atoms with Crippen molar-refractivity contribution < 1.29 is 9.90 Å². The fraction of sp³-hybridized carbons (Fsp3) is 0. The van der Waals surface area contributed by atoms with Crippen LogP contribution in [0, 0.1) is 0 Å². The highest BCUT2D eigenvalue weighted by Crippen LogP contribution is 2.21. The maximum atomic E-state index is 11.0. The summed E-state index contributed by atoms with van der Waals surface area (Å²) >= 11 is 11.1. The Morgan fingerprint density at radius 3 is 2.47 bits per heavy atom. The van der Waals surface area contributed by atoms with Gasteiger partial charge in [0.2, 0.25) is 0 Å². The second kappa shape index (κ2) is 5.82. The molecule has 0 saturated carbocycles. The van der Waals surface area contributed by atoms with Crippen molar-refractivity contribution in [2.45, 2.75) is 0 Å². The highest BCUT2D eigenvalue weighted by molar-refractivity contribution is 7.81. The van der Waals surface area contributed by atoms with E-state index in [0.717, 1.165) is 5.56 Å². The van der Waals surface area contributed by atoms with E-state index in [1.807, 2.05) is 30.3 Å². The quantitative estimate of drug-likeness (QED) is 0.844. The standard InChI is InChI=1S/C14H10ClNO2S/c15-12-7-6-10(8-11(12)14(17)18)16-13(19)9-4-2-1-3-5-9/h1-8H,(H,16,19)(H,17,18). The second-order valence-electron chi connectivity index (χ2n) is 3.82.